The summed E-state index contributed by atoms with van der Waals surface area (Å²) in [6.07, 6.45) is 8.26. The van der Waals surface area contributed by atoms with Gasteiger partial charge in [-0.25, -0.2) is 0 Å². The SMILES string of the molecule is CN1C2CCC1CC(NC(=O)C1CCCC3c4ccccc4NC13)C2. The van der Waals surface area contributed by atoms with Crippen molar-refractivity contribution in [2.75, 3.05) is 12.4 Å². The minimum atomic E-state index is 0.114. The number of nitrogens with one attached hydrogen (secondary N) is 2. The summed E-state index contributed by atoms with van der Waals surface area (Å²) in [6.45, 7) is 0. The number of benzene rings is 1. The Balaban J connectivity index is 1.28. The number of piperidine rings is 1. The Labute approximate surface area is 150 Å². The fourth-order valence-corrected chi connectivity index (χ4v) is 6.01. The normalized spacial score (nSPS) is 39.4. The van der Waals surface area contributed by atoms with Gasteiger partial charge >= 0.3 is 0 Å². The summed E-state index contributed by atoms with van der Waals surface area (Å²) in [4.78, 5) is 15.6. The minimum absolute atomic E-state index is 0.114. The van der Waals surface area contributed by atoms with Crippen LogP contribution < -0.4 is 10.6 Å². The number of hydrogen-bond acceptors (Lipinski definition) is 3. The summed E-state index contributed by atoms with van der Waals surface area (Å²) in [5.74, 6) is 0.918. The van der Waals surface area contributed by atoms with Crippen molar-refractivity contribution in [3.8, 4) is 0 Å². The van der Waals surface area contributed by atoms with E-state index < -0.39 is 0 Å². The van der Waals surface area contributed by atoms with Crippen molar-refractivity contribution in [1.29, 1.82) is 0 Å². The van der Waals surface area contributed by atoms with E-state index in [1.807, 2.05) is 0 Å². The van der Waals surface area contributed by atoms with Gasteiger partial charge < -0.3 is 15.5 Å². The maximum absolute atomic E-state index is 13.1. The van der Waals surface area contributed by atoms with Crippen LogP contribution in [0.1, 0.15) is 56.4 Å². The van der Waals surface area contributed by atoms with Crippen LogP contribution in [-0.2, 0) is 4.79 Å². The van der Waals surface area contributed by atoms with E-state index in [1.165, 1.54) is 30.5 Å². The fraction of sp³-hybridized carbons (Fsp3) is 0.667. The largest absolute Gasteiger partial charge is 0.381 e. The maximum Gasteiger partial charge on any atom is 0.225 e. The Kier molecular flexibility index (Phi) is 3.77. The second-order valence-electron chi connectivity index (χ2n) is 8.63. The number of nitrogens with zero attached hydrogens (tertiary/aromatic N) is 1. The van der Waals surface area contributed by atoms with Gasteiger partial charge in [-0.3, -0.25) is 4.79 Å². The first-order valence-electron chi connectivity index (χ1n) is 10.1. The van der Waals surface area contributed by atoms with E-state index >= 15 is 0 Å². The molecule has 0 aromatic heterocycles. The van der Waals surface area contributed by atoms with Gasteiger partial charge in [0.05, 0.1) is 5.92 Å². The van der Waals surface area contributed by atoms with Crippen molar-refractivity contribution in [3.63, 3.8) is 0 Å². The molecule has 3 heterocycles. The van der Waals surface area contributed by atoms with Crippen LogP contribution in [0.4, 0.5) is 5.69 Å². The molecule has 1 aliphatic carbocycles. The predicted molar refractivity (Wildman–Crippen MR) is 99.7 cm³/mol. The minimum Gasteiger partial charge on any atom is -0.381 e. The molecule has 4 heteroatoms. The molecule has 1 aromatic rings. The monoisotopic (exact) mass is 339 g/mol. The van der Waals surface area contributed by atoms with Gasteiger partial charge in [-0.2, -0.15) is 0 Å². The average Bonchev–Trinajstić information content (AvgIpc) is 3.08. The lowest BCUT2D eigenvalue weighted by molar-refractivity contribution is -0.127. The molecule has 4 nitrogen and oxygen atoms in total. The third kappa shape index (κ3) is 2.57. The molecule has 5 unspecified atom stereocenters. The zero-order valence-electron chi connectivity index (χ0n) is 15.1. The Morgan fingerprint density at radius 3 is 2.68 bits per heavy atom. The summed E-state index contributed by atoms with van der Waals surface area (Å²) in [5.41, 5.74) is 2.66. The summed E-state index contributed by atoms with van der Waals surface area (Å²) < 4.78 is 0. The van der Waals surface area contributed by atoms with E-state index in [0.717, 1.165) is 25.7 Å². The number of amides is 1. The quantitative estimate of drug-likeness (QED) is 0.870. The van der Waals surface area contributed by atoms with Crippen LogP contribution >= 0.6 is 0 Å². The molecular weight excluding hydrogens is 310 g/mol. The van der Waals surface area contributed by atoms with E-state index in [0.29, 0.717) is 30.0 Å². The lowest BCUT2D eigenvalue weighted by atomic mass is 9.75. The lowest BCUT2D eigenvalue weighted by Crippen LogP contribution is -2.52. The molecule has 5 rings (SSSR count). The summed E-state index contributed by atoms with van der Waals surface area (Å²) in [6, 6.07) is 10.6. The molecule has 0 radical (unpaired) electrons. The van der Waals surface area contributed by atoms with Crippen molar-refractivity contribution in [3.05, 3.63) is 29.8 Å². The van der Waals surface area contributed by atoms with Gasteiger partial charge in [-0.05, 0) is 57.2 Å². The number of anilines is 1. The van der Waals surface area contributed by atoms with E-state index in [-0.39, 0.29) is 12.0 Å². The van der Waals surface area contributed by atoms with Crippen molar-refractivity contribution < 1.29 is 4.79 Å². The van der Waals surface area contributed by atoms with Gasteiger partial charge in [0.15, 0.2) is 0 Å². The average molecular weight is 339 g/mol. The van der Waals surface area contributed by atoms with E-state index in [2.05, 4.69) is 46.8 Å². The Bertz CT molecular complexity index is 661. The second kappa shape index (κ2) is 6.01. The predicted octanol–water partition coefficient (Wildman–Crippen LogP) is 3.11. The molecule has 2 bridgehead atoms. The molecule has 1 aromatic carbocycles. The highest BCUT2D eigenvalue weighted by atomic mass is 16.2. The second-order valence-corrected chi connectivity index (χ2v) is 8.63. The Morgan fingerprint density at radius 1 is 1.12 bits per heavy atom. The van der Waals surface area contributed by atoms with Gasteiger partial charge in [-0.1, -0.05) is 24.6 Å². The molecule has 1 amide bonds. The summed E-state index contributed by atoms with van der Waals surface area (Å²) in [5, 5.41) is 7.12. The molecule has 4 aliphatic rings. The molecule has 2 saturated heterocycles. The third-order valence-electron chi connectivity index (χ3n) is 7.36. The number of para-hydroxylation sites is 1. The molecular formula is C21H29N3O. The van der Waals surface area contributed by atoms with E-state index in [9.17, 15) is 4.79 Å². The van der Waals surface area contributed by atoms with E-state index in [1.54, 1.807) is 0 Å². The first-order valence-corrected chi connectivity index (χ1v) is 10.1. The molecule has 1 saturated carbocycles. The van der Waals surface area contributed by atoms with Gasteiger partial charge in [-0.15, -0.1) is 0 Å². The van der Waals surface area contributed by atoms with Crippen LogP contribution in [0.2, 0.25) is 0 Å². The fourth-order valence-electron chi connectivity index (χ4n) is 6.01. The number of fused-ring (bicyclic) bond motifs is 5. The van der Waals surface area contributed by atoms with Crippen LogP contribution in [0.15, 0.2) is 24.3 Å². The molecule has 3 fully saturated rings. The first-order chi connectivity index (χ1) is 12.2. The van der Waals surface area contributed by atoms with Crippen molar-refractivity contribution in [1.82, 2.24) is 10.2 Å². The van der Waals surface area contributed by atoms with E-state index in [4.69, 9.17) is 0 Å². The van der Waals surface area contributed by atoms with Gasteiger partial charge in [0.2, 0.25) is 5.91 Å². The smallest absolute Gasteiger partial charge is 0.225 e. The first kappa shape index (κ1) is 15.7. The zero-order valence-corrected chi connectivity index (χ0v) is 15.1. The lowest BCUT2D eigenvalue weighted by Gasteiger charge is -2.38. The number of carbonyl (C=O) groups excluding carboxylic acids is 1. The highest BCUT2D eigenvalue weighted by molar-refractivity contribution is 5.81. The molecule has 0 spiro atoms. The standard InChI is InChI=1S/C21H29N3O/c1-24-14-9-10-15(24)12-13(11-14)22-21(25)18-7-4-6-17-16-5-2-3-8-19(16)23-20(17)18/h2-3,5,8,13-15,17-18,20,23H,4,6-7,9-12H2,1H3,(H,22,25). The van der Waals surface area contributed by atoms with Crippen molar-refractivity contribution >= 4 is 11.6 Å². The van der Waals surface area contributed by atoms with Crippen molar-refractivity contribution in [2.24, 2.45) is 5.92 Å². The number of carbonyl (C=O) groups is 1. The topological polar surface area (TPSA) is 44.4 Å². The van der Waals surface area contributed by atoms with Gasteiger partial charge in [0, 0.05) is 35.8 Å². The van der Waals surface area contributed by atoms with Crippen molar-refractivity contribution in [2.45, 2.75) is 75.0 Å². The van der Waals surface area contributed by atoms with Crippen LogP contribution in [-0.4, -0.2) is 42.0 Å². The molecule has 2 N–H and O–H groups in total. The highest BCUT2D eigenvalue weighted by Gasteiger charge is 2.44. The van der Waals surface area contributed by atoms with Crippen LogP contribution in [0.3, 0.4) is 0 Å². The van der Waals surface area contributed by atoms with Gasteiger partial charge in [0.25, 0.3) is 0 Å². The number of rotatable bonds is 2. The third-order valence-corrected chi connectivity index (χ3v) is 7.36. The summed E-state index contributed by atoms with van der Waals surface area (Å²) in [7, 11) is 2.26. The molecule has 5 atom stereocenters. The molecule has 25 heavy (non-hydrogen) atoms. The molecule has 3 aliphatic heterocycles. The van der Waals surface area contributed by atoms with Crippen LogP contribution in [0.5, 0.6) is 0 Å². The number of hydrogen-bond donors (Lipinski definition) is 2. The highest BCUT2D eigenvalue weighted by Crippen LogP contribution is 2.46. The van der Waals surface area contributed by atoms with Gasteiger partial charge in [0.1, 0.15) is 0 Å². The Hall–Kier alpha value is -1.55. The summed E-state index contributed by atoms with van der Waals surface area (Å²) >= 11 is 0. The zero-order chi connectivity index (χ0) is 17.0. The Morgan fingerprint density at radius 2 is 1.88 bits per heavy atom. The van der Waals surface area contributed by atoms with Crippen LogP contribution in [0.25, 0.3) is 0 Å². The van der Waals surface area contributed by atoms with Crippen LogP contribution in [0, 0.1) is 5.92 Å². The molecule has 134 valence electrons. The maximum atomic E-state index is 13.1.